The van der Waals surface area contributed by atoms with E-state index in [0.29, 0.717) is 12.0 Å². The van der Waals surface area contributed by atoms with Crippen LogP contribution < -0.4 is 11.1 Å². The summed E-state index contributed by atoms with van der Waals surface area (Å²) in [7, 11) is 0. The molecule has 3 aromatic carbocycles. The van der Waals surface area contributed by atoms with Gasteiger partial charge in [-0.3, -0.25) is 9.59 Å². The Balaban J connectivity index is 1.71. The van der Waals surface area contributed by atoms with Crippen molar-refractivity contribution in [3.8, 4) is 11.1 Å². The van der Waals surface area contributed by atoms with Crippen molar-refractivity contribution in [3.63, 3.8) is 0 Å². The third-order valence-electron chi connectivity index (χ3n) is 4.23. The quantitative estimate of drug-likeness (QED) is 0.631. The number of halogens is 1. The van der Waals surface area contributed by atoms with Crippen molar-refractivity contribution in [1.29, 1.82) is 0 Å². The highest BCUT2D eigenvalue weighted by molar-refractivity contribution is 9.10. The zero-order valence-corrected chi connectivity index (χ0v) is 16.1. The Morgan fingerprint density at radius 1 is 0.889 bits per heavy atom. The summed E-state index contributed by atoms with van der Waals surface area (Å²) in [6.07, 6.45) is 0.336. The number of benzene rings is 3. The summed E-state index contributed by atoms with van der Waals surface area (Å²) in [5, 5.41) is 2.73. The number of nitrogens with one attached hydrogen (secondary N) is 1. The minimum Gasteiger partial charge on any atom is -0.368 e. The summed E-state index contributed by atoms with van der Waals surface area (Å²) >= 11 is 3.40. The first kappa shape index (κ1) is 18.9. The zero-order valence-electron chi connectivity index (χ0n) is 14.6. The maximum atomic E-state index is 12.5. The third-order valence-corrected chi connectivity index (χ3v) is 4.73. The Bertz CT molecular complexity index is 940. The van der Waals surface area contributed by atoms with Crippen molar-refractivity contribution in [2.45, 2.75) is 12.5 Å². The molecule has 1 atom stereocenters. The molecule has 0 fully saturated rings. The van der Waals surface area contributed by atoms with E-state index in [1.807, 2.05) is 66.7 Å². The monoisotopic (exact) mass is 422 g/mol. The first-order valence-electron chi connectivity index (χ1n) is 8.53. The van der Waals surface area contributed by atoms with E-state index < -0.39 is 11.9 Å². The van der Waals surface area contributed by atoms with Gasteiger partial charge in [-0.1, -0.05) is 70.5 Å². The molecule has 0 saturated carbocycles. The first-order valence-corrected chi connectivity index (χ1v) is 9.32. The third kappa shape index (κ3) is 5.05. The average Bonchev–Trinajstić information content (AvgIpc) is 2.68. The van der Waals surface area contributed by atoms with E-state index in [1.165, 1.54) is 0 Å². The Kier molecular flexibility index (Phi) is 6.04. The molecule has 3 N–H and O–H groups in total. The molecule has 3 aromatic rings. The van der Waals surface area contributed by atoms with E-state index in [2.05, 4.69) is 21.2 Å². The Hall–Kier alpha value is -2.92. The molecule has 2 amide bonds. The molecule has 0 unspecified atom stereocenters. The van der Waals surface area contributed by atoms with Crippen LogP contribution in [0.25, 0.3) is 11.1 Å². The van der Waals surface area contributed by atoms with Crippen LogP contribution in [-0.4, -0.2) is 17.9 Å². The first-order chi connectivity index (χ1) is 13.0. The van der Waals surface area contributed by atoms with E-state index in [1.54, 1.807) is 12.1 Å². The van der Waals surface area contributed by atoms with Crippen molar-refractivity contribution in [2.75, 3.05) is 0 Å². The number of hydrogen-bond acceptors (Lipinski definition) is 2. The molecule has 136 valence electrons. The highest BCUT2D eigenvalue weighted by Crippen LogP contribution is 2.19. The lowest BCUT2D eigenvalue weighted by molar-refractivity contribution is -0.119. The molecule has 4 nitrogen and oxygen atoms in total. The molecule has 0 saturated heterocycles. The molecular weight excluding hydrogens is 404 g/mol. The van der Waals surface area contributed by atoms with E-state index in [9.17, 15) is 9.59 Å². The molecule has 0 aromatic heterocycles. The zero-order chi connectivity index (χ0) is 19.2. The van der Waals surface area contributed by atoms with Crippen LogP contribution in [0.4, 0.5) is 0 Å². The molecule has 0 heterocycles. The van der Waals surface area contributed by atoms with Gasteiger partial charge < -0.3 is 11.1 Å². The molecule has 0 aliphatic rings. The van der Waals surface area contributed by atoms with Crippen molar-refractivity contribution in [1.82, 2.24) is 5.32 Å². The average molecular weight is 423 g/mol. The summed E-state index contributed by atoms with van der Waals surface area (Å²) in [4.78, 5) is 24.3. The van der Waals surface area contributed by atoms with Crippen LogP contribution in [0.15, 0.2) is 83.3 Å². The normalized spacial score (nSPS) is 11.6. The summed E-state index contributed by atoms with van der Waals surface area (Å²) in [6.45, 7) is 0. The predicted octanol–water partition coefficient (Wildman–Crippen LogP) is 3.94. The number of carbonyl (C=O) groups is 2. The Labute approximate surface area is 166 Å². The van der Waals surface area contributed by atoms with Gasteiger partial charge in [-0.15, -0.1) is 0 Å². The van der Waals surface area contributed by atoms with Crippen LogP contribution in [0.5, 0.6) is 0 Å². The second kappa shape index (κ2) is 8.64. The van der Waals surface area contributed by atoms with Gasteiger partial charge in [0, 0.05) is 16.5 Å². The molecule has 0 aliphatic carbocycles. The lowest BCUT2D eigenvalue weighted by Crippen LogP contribution is -2.45. The molecular formula is C22H19BrN2O2. The van der Waals surface area contributed by atoms with Gasteiger partial charge in [-0.2, -0.15) is 0 Å². The van der Waals surface area contributed by atoms with Crippen molar-refractivity contribution < 1.29 is 9.59 Å². The van der Waals surface area contributed by atoms with E-state index >= 15 is 0 Å². The van der Waals surface area contributed by atoms with Gasteiger partial charge in [0.15, 0.2) is 0 Å². The molecule has 27 heavy (non-hydrogen) atoms. The molecule has 5 heteroatoms. The van der Waals surface area contributed by atoms with Gasteiger partial charge in [-0.05, 0) is 41.0 Å². The fourth-order valence-corrected chi connectivity index (χ4v) is 3.26. The summed E-state index contributed by atoms with van der Waals surface area (Å²) < 4.78 is 0.908. The van der Waals surface area contributed by atoms with Gasteiger partial charge in [0.25, 0.3) is 5.91 Å². The number of hydrogen-bond donors (Lipinski definition) is 2. The molecule has 0 spiro atoms. The van der Waals surface area contributed by atoms with Crippen LogP contribution in [0.2, 0.25) is 0 Å². The summed E-state index contributed by atoms with van der Waals surface area (Å²) in [5.41, 5.74) is 8.97. The van der Waals surface area contributed by atoms with Crippen molar-refractivity contribution in [2.24, 2.45) is 5.73 Å². The highest BCUT2D eigenvalue weighted by Gasteiger charge is 2.19. The second-order valence-corrected chi connectivity index (χ2v) is 7.12. The van der Waals surface area contributed by atoms with Crippen molar-refractivity contribution in [3.05, 3.63) is 94.5 Å². The van der Waals surface area contributed by atoms with Gasteiger partial charge >= 0.3 is 0 Å². The van der Waals surface area contributed by atoms with Gasteiger partial charge in [0.05, 0.1) is 0 Å². The number of amides is 2. The van der Waals surface area contributed by atoms with Crippen LogP contribution in [-0.2, 0) is 11.2 Å². The summed E-state index contributed by atoms with van der Waals surface area (Å²) in [5.74, 6) is -0.891. The Morgan fingerprint density at radius 3 is 2.19 bits per heavy atom. The van der Waals surface area contributed by atoms with Gasteiger partial charge in [-0.25, -0.2) is 0 Å². The van der Waals surface area contributed by atoms with Gasteiger partial charge in [0.1, 0.15) is 6.04 Å². The van der Waals surface area contributed by atoms with E-state index in [-0.39, 0.29) is 5.91 Å². The molecule has 0 aliphatic heterocycles. The maximum Gasteiger partial charge on any atom is 0.251 e. The standard InChI is InChI=1S/C22H19BrN2O2/c23-19-8-4-5-15(13-19)14-20(21(24)26)25-22(27)18-11-9-17(10-12-18)16-6-2-1-3-7-16/h1-13,20H,14H2,(H2,24,26)(H,25,27)/t20-/m1/s1. The predicted molar refractivity (Wildman–Crippen MR) is 110 cm³/mol. The molecule has 0 bridgehead atoms. The lowest BCUT2D eigenvalue weighted by atomic mass is 10.0. The minimum absolute atomic E-state index is 0.326. The largest absolute Gasteiger partial charge is 0.368 e. The number of carbonyl (C=O) groups excluding carboxylic acids is 2. The number of primary amides is 1. The second-order valence-electron chi connectivity index (χ2n) is 6.21. The fraction of sp³-hybridized carbons (Fsp3) is 0.0909. The Morgan fingerprint density at radius 2 is 1.56 bits per heavy atom. The number of nitrogens with two attached hydrogens (primary N) is 1. The lowest BCUT2D eigenvalue weighted by Gasteiger charge is -2.16. The minimum atomic E-state index is -0.777. The smallest absolute Gasteiger partial charge is 0.251 e. The fourth-order valence-electron chi connectivity index (χ4n) is 2.81. The van der Waals surface area contributed by atoms with Crippen LogP contribution in [0.1, 0.15) is 15.9 Å². The SMILES string of the molecule is NC(=O)[C@@H](Cc1cccc(Br)c1)NC(=O)c1ccc(-c2ccccc2)cc1. The maximum absolute atomic E-state index is 12.5. The van der Waals surface area contributed by atoms with Crippen LogP contribution >= 0.6 is 15.9 Å². The van der Waals surface area contributed by atoms with Crippen LogP contribution in [0.3, 0.4) is 0 Å². The topological polar surface area (TPSA) is 72.2 Å². The van der Waals surface area contributed by atoms with Crippen LogP contribution in [0, 0.1) is 0 Å². The van der Waals surface area contributed by atoms with Gasteiger partial charge in [0.2, 0.25) is 5.91 Å². The molecule has 0 radical (unpaired) electrons. The summed E-state index contributed by atoms with van der Waals surface area (Å²) in [6, 6.07) is 24.0. The van der Waals surface area contributed by atoms with E-state index in [4.69, 9.17) is 5.73 Å². The highest BCUT2D eigenvalue weighted by atomic mass is 79.9. The van der Waals surface area contributed by atoms with Crippen molar-refractivity contribution >= 4 is 27.7 Å². The van der Waals surface area contributed by atoms with E-state index in [0.717, 1.165) is 21.2 Å². The number of rotatable bonds is 6. The molecule has 3 rings (SSSR count).